The number of halogens is 1. The van der Waals surface area contributed by atoms with Crippen LogP contribution in [0.3, 0.4) is 0 Å². The van der Waals surface area contributed by atoms with Gasteiger partial charge in [0.25, 0.3) is 0 Å². The van der Waals surface area contributed by atoms with E-state index in [2.05, 4.69) is 41.2 Å². The highest BCUT2D eigenvalue weighted by Crippen LogP contribution is 2.24. The molecule has 1 N–H and O–H groups in total. The summed E-state index contributed by atoms with van der Waals surface area (Å²) in [4.78, 5) is 12.3. The quantitative estimate of drug-likeness (QED) is 0.390. The number of aryl methyl sites for hydroxylation is 2. The van der Waals surface area contributed by atoms with Crippen molar-refractivity contribution in [3.8, 4) is 0 Å². The second-order valence-corrected chi connectivity index (χ2v) is 7.99. The van der Waals surface area contributed by atoms with E-state index in [1.54, 1.807) is 12.1 Å². The molecule has 1 amide bonds. The Balaban J connectivity index is 1.38. The van der Waals surface area contributed by atoms with E-state index in [1.807, 2.05) is 36.4 Å². The van der Waals surface area contributed by atoms with Crippen molar-refractivity contribution in [2.45, 2.75) is 39.3 Å². The fraction of sp³-hybridized carbons (Fsp3) is 0.222. The molecule has 0 spiro atoms. The first-order chi connectivity index (χ1) is 15.1. The molecule has 1 aromatic heterocycles. The minimum atomic E-state index is -0.217. The number of benzene rings is 3. The van der Waals surface area contributed by atoms with Crippen LogP contribution in [-0.2, 0) is 24.3 Å². The van der Waals surface area contributed by atoms with Gasteiger partial charge in [0, 0.05) is 36.6 Å². The Morgan fingerprint density at radius 1 is 0.968 bits per heavy atom. The van der Waals surface area contributed by atoms with E-state index in [-0.39, 0.29) is 11.7 Å². The van der Waals surface area contributed by atoms with Crippen molar-refractivity contribution in [3.63, 3.8) is 0 Å². The van der Waals surface area contributed by atoms with Crippen LogP contribution < -0.4 is 5.32 Å². The highest BCUT2D eigenvalue weighted by atomic mass is 19.1. The minimum Gasteiger partial charge on any atom is -0.352 e. The average Bonchev–Trinajstić information content (AvgIpc) is 3.11. The normalized spacial score (nSPS) is 11.0. The highest BCUT2D eigenvalue weighted by molar-refractivity contribution is 5.84. The van der Waals surface area contributed by atoms with Gasteiger partial charge in [-0.15, -0.1) is 0 Å². The molecule has 31 heavy (non-hydrogen) atoms. The lowest BCUT2D eigenvalue weighted by molar-refractivity contribution is -0.121. The molecule has 4 rings (SSSR count). The summed E-state index contributed by atoms with van der Waals surface area (Å²) in [5, 5.41) is 4.22. The monoisotopic (exact) mass is 414 g/mol. The molecular formula is C27H27FN2O. The number of nitrogens with zero attached hydrogens (tertiary/aromatic N) is 1. The maximum Gasteiger partial charge on any atom is 0.220 e. The molecule has 1 heterocycles. The SMILES string of the molecule is Cc1ccccc1CNC(=O)CCCc1cn(Cc2cccc(F)c2)c2ccccc12. The summed E-state index contributed by atoms with van der Waals surface area (Å²) in [6, 6.07) is 23.1. The number of hydrogen-bond acceptors (Lipinski definition) is 1. The molecular weight excluding hydrogens is 387 g/mol. The van der Waals surface area contributed by atoms with E-state index >= 15 is 0 Å². The largest absolute Gasteiger partial charge is 0.352 e. The lowest BCUT2D eigenvalue weighted by Crippen LogP contribution is -2.22. The molecule has 4 aromatic rings. The van der Waals surface area contributed by atoms with Crippen molar-refractivity contribution >= 4 is 16.8 Å². The molecule has 3 nitrogen and oxygen atoms in total. The molecule has 158 valence electrons. The standard InChI is InChI=1S/C27H27FN2O/c1-20-8-2-3-10-22(20)17-29-27(31)15-7-11-23-19-30(26-14-5-4-13-25(23)26)18-21-9-6-12-24(28)16-21/h2-6,8-10,12-14,16,19H,7,11,15,17-18H2,1H3,(H,29,31). The lowest BCUT2D eigenvalue weighted by Gasteiger charge is -2.07. The van der Waals surface area contributed by atoms with Crippen molar-refractivity contribution in [3.05, 3.63) is 107 Å². The van der Waals surface area contributed by atoms with E-state index in [1.165, 1.54) is 22.6 Å². The van der Waals surface area contributed by atoms with Crippen LogP contribution in [0.5, 0.6) is 0 Å². The Morgan fingerprint density at radius 2 is 1.77 bits per heavy atom. The third kappa shape index (κ3) is 5.21. The van der Waals surface area contributed by atoms with Gasteiger partial charge in [0.05, 0.1) is 0 Å². The van der Waals surface area contributed by atoms with Gasteiger partial charge in [0.1, 0.15) is 5.82 Å². The molecule has 0 unspecified atom stereocenters. The van der Waals surface area contributed by atoms with Gasteiger partial charge in [0.15, 0.2) is 0 Å². The van der Waals surface area contributed by atoms with Crippen molar-refractivity contribution in [1.82, 2.24) is 9.88 Å². The number of fused-ring (bicyclic) bond motifs is 1. The Bertz CT molecular complexity index is 1190. The van der Waals surface area contributed by atoms with Gasteiger partial charge in [-0.25, -0.2) is 4.39 Å². The maximum absolute atomic E-state index is 13.6. The molecule has 0 atom stereocenters. The molecule has 0 aliphatic heterocycles. The number of aromatic nitrogens is 1. The number of carbonyl (C=O) groups excluding carboxylic acids is 1. The molecule has 0 fully saturated rings. The van der Waals surface area contributed by atoms with Crippen LogP contribution in [0.2, 0.25) is 0 Å². The molecule has 4 heteroatoms. The van der Waals surface area contributed by atoms with Crippen LogP contribution >= 0.6 is 0 Å². The van der Waals surface area contributed by atoms with Gasteiger partial charge in [-0.05, 0) is 60.2 Å². The van der Waals surface area contributed by atoms with Crippen LogP contribution in [0.25, 0.3) is 10.9 Å². The number of nitrogens with one attached hydrogen (secondary N) is 1. The number of para-hydroxylation sites is 1. The fourth-order valence-corrected chi connectivity index (χ4v) is 4.01. The second-order valence-electron chi connectivity index (χ2n) is 7.99. The Labute approximate surface area is 182 Å². The van der Waals surface area contributed by atoms with Crippen LogP contribution in [0, 0.1) is 12.7 Å². The molecule has 0 saturated carbocycles. The first-order valence-electron chi connectivity index (χ1n) is 10.7. The van der Waals surface area contributed by atoms with E-state index in [9.17, 15) is 9.18 Å². The Kier molecular flexibility index (Phi) is 6.46. The van der Waals surface area contributed by atoms with E-state index in [4.69, 9.17) is 0 Å². The maximum atomic E-state index is 13.6. The summed E-state index contributed by atoms with van der Waals surface area (Å²) in [6.07, 6.45) is 4.25. The zero-order chi connectivity index (χ0) is 21.6. The Morgan fingerprint density at radius 3 is 2.61 bits per heavy atom. The molecule has 0 bridgehead atoms. The summed E-state index contributed by atoms with van der Waals surface area (Å²) in [5.74, 6) is -0.141. The minimum absolute atomic E-state index is 0.0757. The first-order valence-corrected chi connectivity index (χ1v) is 10.7. The van der Waals surface area contributed by atoms with Crippen LogP contribution in [0.15, 0.2) is 79.0 Å². The van der Waals surface area contributed by atoms with Crippen LogP contribution in [0.4, 0.5) is 4.39 Å². The number of rotatable bonds is 8. The van der Waals surface area contributed by atoms with Gasteiger partial charge in [-0.3, -0.25) is 4.79 Å². The first kappa shape index (κ1) is 20.9. The lowest BCUT2D eigenvalue weighted by atomic mass is 10.1. The average molecular weight is 415 g/mol. The van der Waals surface area contributed by atoms with Crippen LogP contribution in [0.1, 0.15) is 35.1 Å². The summed E-state index contributed by atoms with van der Waals surface area (Å²) in [5.41, 5.74) is 5.62. The van der Waals surface area contributed by atoms with Crippen molar-refractivity contribution in [2.24, 2.45) is 0 Å². The van der Waals surface area contributed by atoms with E-state index < -0.39 is 0 Å². The fourth-order valence-electron chi connectivity index (χ4n) is 4.01. The molecule has 3 aromatic carbocycles. The van der Waals surface area contributed by atoms with Crippen LogP contribution in [-0.4, -0.2) is 10.5 Å². The molecule has 0 aliphatic rings. The van der Waals surface area contributed by atoms with Crippen molar-refractivity contribution in [1.29, 1.82) is 0 Å². The molecule has 0 radical (unpaired) electrons. The zero-order valence-electron chi connectivity index (χ0n) is 17.8. The second kappa shape index (κ2) is 9.61. The smallest absolute Gasteiger partial charge is 0.220 e. The molecule has 0 aliphatic carbocycles. The highest BCUT2D eigenvalue weighted by Gasteiger charge is 2.10. The summed E-state index contributed by atoms with van der Waals surface area (Å²) >= 11 is 0. The van der Waals surface area contributed by atoms with Gasteiger partial charge in [-0.2, -0.15) is 0 Å². The zero-order valence-corrected chi connectivity index (χ0v) is 17.8. The molecule has 0 saturated heterocycles. The van der Waals surface area contributed by atoms with Gasteiger partial charge in [0.2, 0.25) is 5.91 Å². The topological polar surface area (TPSA) is 34.0 Å². The van der Waals surface area contributed by atoms with Crippen molar-refractivity contribution in [2.75, 3.05) is 0 Å². The third-order valence-corrected chi connectivity index (χ3v) is 5.70. The summed E-state index contributed by atoms with van der Waals surface area (Å²) in [6.45, 7) is 3.24. The summed E-state index contributed by atoms with van der Waals surface area (Å²) < 4.78 is 15.7. The van der Waals surface area contributed by atoms with E-state index in [0.717, 1.165) is 29.5 Å². The number of amides is 1. The summed E-state index contributed by atoms with van der Waals surface area (Å²) in [7, 11) is 0. The van der Waals surface area contributed by atoms with E-state index in [0.29, 0.717) is 19.5 Å². The van der Waals surface area contributed by atoms with Gasteiger partial charge in [-0.1, -0.05) is 54.6 Å². The number of hydrogen-bond donors (Lipinski definition) is 1. The predicted molar refractivity (Wildman–Crippen MR) is 123 cm³/mol. The number of carbonyl (C=O) groups is 1. The van der Waals surface area contributed by atoms with Crippen molar-refractivity contribution < 1.29 is 9.18 Å². The Hall–Kier alpha value is -3.40. The third-order valence-electron chi connectivity index (χ3n) is 5.70. The van der Waals surface area contributed by atoms with Gasteiger partial charge >= 0.3 is 0 Å². The predicted octanol–water partition coefficient (Wildman–Crippen LogP) is 5.78. The van der Waals surface area contributed by atoms with Gasteiger partial charge < -0.3 is 9.88 Å².